The molecule has 3 aromatic carbocycles. The van der Waals surface area contributed by atoms with Crippen LogP contribution < -0.4 is 20.3 Å². The van der Waals surface area contributed by atoms with E-state index in [-0.39, 0.29) is 11.5 Å². The van der Waals surface area contributed by atoms with Crippen LogP contribution in [-0.2, 0) is 4.79 Å². The number of fused-ring (bicyclic) bond motifs is 2. The molecule has 0 bridgehead atoms. The number of nitrogens with one attached hydrogen (secondary N) is 1. The second kappa shape index (κ2) is 9.42. The summed E-state index contributed by atoms with van der Waals surface area (Å²) in [6.45, 7) is 4.30. The maximum absolute atomic E-state index is 14.4. The number of aromatic nitrogens is 2. The summed E-state index contributed by atoms with van der Waals surface area (Å²) in [6, 6.07) is 16.7. The van der Waals surface area contributed by atoms with Crippen LogP contribution in [0.4, 0.5) is 10.1 Å². The first-order valence-electron chi connectivity index (χ1n) is 11.1. The number of aryl methyl sites for hydroxylation is 1. The van der Waals surface area contributed by atoms with Gasteiger partial charge in [0.25, 0.3) is 5.56 Å². The molecule has 1 N–H and O–H groups in total. The van der Waals surface area contributed by atoms with E-state index in [1.165, 1.54) is 10.6 Å². The van der Waals surface area contributed by atoms with Crippen molar-refractivity contribution in [1.82, 2.24) is 9.55 Å². The Bertz CT molecular complexity index is 1500. The molecule has 35 heavy (non-hydrogen) atoms. The molecule has 1 aliphatic heterocycles. The zero-order chi connectivity index (χ0) is 24.5. The number of anilines is 1. The fraction of sp³-hybridized carbons (Fsp3) is 0.192. The Balaban J connectivity index is 1.47. The summed E-state index contributed by atoms with van der Waals surface area (Å²) in [4.78, 5) is 31.0. The van der Waals surface area contributed by atoms with Crippen LogP contribution in [0.1, 0.15) is 12.5 Å². The number of benzene rings is 3. The molecule has 2 heterocycles. The van der Waals surface area contributed by atoms with Crippen LogP contribution in [0.3, 0.4) is 0 Å². The number of carbonyl (C=O) groups excluding carboxylic acids is 1. The Labute approximate surface area is 204 Å². The maximum atomic E-state index is 14.4. The van der Waals surface area contributed by atoms with Crippen LogP contribution in [0.5, 0.6) is 11.5 Å². The van der Waals surface area contributed by atoms with E-state index in [0.29, 0.717) is 57.7 Å². The Morgan fingerprint density at radius 2 is 1.86 bits per heavy atom. The third-order valence-corrected chi connectivity index (χ3v) is 6.67. The number of amides is 1. The minimum Gasteiger partial charge on any atom is -0.486 e. The average Bonchev–Trinajstić information content (AvgIpc) is 2.86. The largest absolute Gasteiger partial charge is 0.486 e. The minimum absolute atomic E-state index is 0.282. The molecule has 1 aliphatic rings. The fourth-order valence-corrected chi connectivity index (χ4v) is 4.64. The number of hydrogen-bond donors (Lipinski definition) is 1. The molecule has 0 saturated heterocycles. The van der Waals surface area contributed by atoms with E-state index in [2.05, 4.69) is 10.3 Å². The SMILES string of the molecule is Cc1ccc(-n2c(SC(C)C(=O)Nc3ccc4c(c3)OCCO4)nc3ccccc3c2=O)cc1F. The van der Waals surface area contributed by atoms with Gasteiger partial charge < -0.3 is 14.8 Å². The third-order valence-electron chi connectivity index (χ3n) is 5.62. The van der Waals surface area contributed by atoms with Gasteiger partial charge in [-0.3, -0.25) is 14.2 Å². The zero-order valence-electron chi connectivity index (χ0n) is 19.1. The Morgan fingerprint density at radius 3 is 2.66 bits per heavy atom. The Hall–Kier alpha value is -3.85. The van der Waals surface area contributed by atoms with E-state index < -0.39 is 11.1 Å². The summed E-state index contributed by atoms with van der Waals surface area (Å²) < 4.78 is 26.8. The summed E-state index contributed by atoms with van der Waals surface area (Å²) in [6.07, 6.45) is 0. The van der Waals surface area contributed by atoms with Crippen molar-refractivity contribution >= 4 is 34.3 Å². The van der Waals surface area contributed by atoms with Gasteiger partial charge in [0.05, 0.1) is 21.8 Å². The minimum atomic E-state index is -0.613. The van der Waals surface area contributed by atoms with Crippen LogP contribution in [0.15, 0.2) is 70.6 Å². The zero-order valence-corrected chi connectivity index (χ0v) is 19.9. The second-order valence-electron chi connectivity index (χ2n) is 8.09. The molecule has 1 aromatic heterocycles. The molecule has 0 radical (unpaired) electrons. The van der Waals surface area contributed by atoms with E-state index >= 15 is 0 Å². The number of thioether (sulfide) groups is 1. The van der Waals surface area contributed by atoms with Crippen molar-refractivity contribution < 1.29 is 18.7 Å². The van der Waals surface area contributed by atoms with E-state index in [4.69, 9.17) is 9.47 Å². The van der Waals surface area contributed by atoms with Crippen molar-refractivity contribution in [2.75, 3.05) is 18.5 Å². The Kier molecular flexibility index (Phi) is 6.17. The number of rotatable bonds is 5. The molecule has 9 heteroatoms. The van der Waals surface area contributed by atoms with E-state index in [9.17, 15) is 14.0 Å². The van der Waals surface area contributed by atoms with Crippen molar-refractivity contribution in [3.05, 3.63) is 82.4 Å². The van der Waals surface area contributed by atoms with Crippen LogP contribution in [0.2, 0.25) is 0 Å². The lowest BCUT2D eigenvalue weighted by Crippen LogP contribution is -2.26. The molecule has 0 saturated carbocycles. The van der Waals surface area contributed by atoms with Gasteiger partial charge in [-0.25, -0.2) is 9.37 Å². The molecule has 7 nitrogen and oxygen atoms in total. The first-order chi connectivity index (χ1) is 16.9. The van der Waals surface area contributed by atoms with Gasteiger partial charge >= 0.3 is 0 Å². The number of nitrogens with zero attached hydrogens (tertiary/aromatic N) is 2. The van der Waals surface area contributed by atoms with E-state index in [0.717, 1.165) is 11.8 Å². The first kappa shape index (κ1) is 22.9. The number of halogens is 1. The smallest absolute Gasteiger partial charge is 0.266 e. The monoisotopic (exact) mass is 491 g/mol. The fourth-order valence-electron chi connectivity index (χ4n) is 3.72. The third kappa shape index (κ3) is 4.59. The highest BCUT2D eigenvalue weighted by Crippen LogP contribution is 2.33. The standard InChI is InChI=1S/C26H22FN3O4S/c1-15-7-9-18(14-20(15)27)30-25(32)19-5-3-4-6-21(19)29-26(30)35-16(2)24(31)28-17-8-10-22-23(13-17)34-12-11-33-22/h3-10,13-14,16H,11-12H2,1-2H3,(H,28,31). The van der Waals surface area contributed by atoms with Crippen LogP contribution in [0, 0.1) is 12.7 Å². The predicted octanol–water partition coefficient (Wildman–Crippen LogP) is 4.72. The summed E-state index contributed by atoms with van der Waals surface area (Å²) in [5, 5.41) is 2.96. The molecule has 0 aliphatic carbocycles. The van der Waals surface area contributed by atoms with Gasteiger partial charge in [0.2, 0.25) is 5.91 Å². The summed E-state index contributed by atoms with van der Waals surface area (Å²) in [7, 11) is 0. The number of ether oxygens (including phenoxy) is 2. The van der Waals surface area contributed by atoms with Gasteiger partial charge in [-0.05, 0) is 55.8 Å². The van der Waals surface area contributed by atoms with Crippen LogP contribution in [0.25, 0.3) is 16.6 Å². The topological polar surface area (TPSA) is 82.5 Å². The molecule has 0 fully saturated rings. The highest BCUT2D eigenvalue weighted by molar-refractivity contribution is 8.00. The van der Waals surface area contributed by atoms with Crippen LogP contribution in [-0.4, -0.2) is 33.9 Å². The molecular weight excluding hydrogens is 469 g/mol. The molecule has 5 rings (SSSR count). The van der Waals surface area contributed by atoms with Gasteiger partial charge in [-0.2, -0.15) is 0 Å². The summed E-state index contributed by atoms with van der Waals surface area (Å²) in [5.74, 6) is 0.491. The normalized spacial score (nSPS) is 13.5. The first-order valence-corrected chi connectivity index (χ1v) is 11.9. The summed E-state index contributed by atoms with van der Waals surface area (Å²) in [5.41, 5.74) is 1.55. The molecule has 1 amide bonds. The van der Waals surface area contributed by atoms with Crippen molar-refractivity contribution in [3.8, 4) is 17.2 Å². The highest BCUT2D eigenvalue weighted by atomic mass is 32.2. The number of para-hydroxylation sites is 1. The molecule has 1 atom stereocenters. The molecule has 178 valence electrons. The van der Waals surface area contributed by atoms with Gasteiger partial charge in [0.1, 0.15) is 19.0 Å². The van der Waals surface area contributed by atoms with Gasteiger partial charge in [-0.1, -0.05) is 30.0 Å². The maximum Gasteiger partial charge on any atom is 0.266 e. The van der Waals surface area contributed by atoms with Crippen molar-refractivity contribution in [3.63, 3.8) is 0 Å². The lowest BCUT2D eigenvalue weighted by Gasteiger charge is -2.20. The summed E-state index contributed by atoms with van der Waals surface area (Å²) >= 11 is 1.12. The van der Waals surface area contributed by atoms with Crippen molar-refractivity contribution in [2.45, 2.75) is 24.3 Å². The van der Waals surface area contributed by atoms with E-state index in [1.807, 2.05) is 0 Å². The molecule has 0 spiro atoms. The van der Waals surface area contributed by atoms with E-state index in [1.54, 1.807) is 68.4 Å². The second-order valence-corrected chi connectivity index (χ2v) is 9.40. The van der Waals surface area contributed by atoms with Crippen LogP contribution >= 0.6 is 11.8 Å². The van der Waals surface area contributed by atoms with Crippen molar-refractivity contribution in [1.29, 1.82) is 0 Å². The molecule has 4 aromatic rings. The molecule has 1 unspecified atom stereocenters. The quantitative estimate of drug-likeness (QED) is 0.321. The van der Waals surface area contributed by atoms with Crippen molar-refractivity contribution in [2.24, 2.45) is 0 Å². The number of hydrogen-bond acceptors (Lipinski definition) is 6. The van der Waals surface area contributed by atoms with Gasteiger partial charge in [0.15, 0.2) is 16.7 Å². The highest BCUT2D eigenvalue weighted by Gasteiger charge is 2.22. The Morgan fingerprint density at radius 1 is 1.09 bits per heavy atom. The predicted molar refractivity (Wildman–Crippen MR) is 133 cm³/mol. The lowest BCUT2D eigenvalue weighted by molar-refractivity contribution is -0.115. The van der Waals surface area contributed by atoms with Gasteiger partial charge in [-0.15, -0.1) is 0 Å². The number of carbonyl (C=O) groups is 1. The van der Waals surface area contributed by atoms with Gasteiger partial charge in [0, 0.05) is 11.8 Å². The average molecular weight is 492 g/mol. The molecular formula is C26H22FN3O4S. The lowest BCUT2D eigenvalue weighted by atomic mass is 10.2.